The van der Waals surface area contributed by atoms with Gasteiger partial charge in [-0.2, -0.15) is 0 Å². The molecule has 1 unspecified atom stereocenters. The largest absolute Gasteiger partial charge is 0.338 e. The Morgan fingerprint density at radius 2 is 2.00 bits per heavy atom. The molecule has 1 aliphatic carbocycles. The van der Waals surface area contributed by atoms with Crippen molar-refractivity contribution in [3.8, 4) is 0 Å². The summed E-state index contributed by atoms with van der Waals surface area (Å²) in [6.07, 6.45) is 4.39. The van der Waals surface area contributed by atoms with E-state index in [0.29, 0.717) is 5.92 Å². The zero-order chi connectivity index (χ0) is 15.4. The van der Waals surface area contributed by atoms with Crippen molar-refractivity contribution in [3.63, 3.8) is 0 Å². The molecule has 4 heteroatoms. The van der Waals surface area contributed by atoms with E-state index < -0.39 is 0 Å². The number of carbonyl (C=O) groups is 1. The van der Waals surface area contributed by atoms with Crippen LogP contribution in [-0.4, -0.2) is 43.2 Å². The Morgan fingerprint density at radius 1 is 1.27 bits per heavy atom. The Hall–Kier alpha value is -1.55. The van der Waals surface area contributed by atoms with Crippen molar-refractivity contribution in [3.05, 3.63) is 35.4 Å². The van der Waals surface area contributed by atoms with E-state index in [2.05, 4.69) is 46.7 Å². The predicted octanol–water partition coefficient (Wildman–Crippen LogP) is 2.18. The number of carbonyl (C=O) groups excluding carboxylic acids is 1. The summed E-state index contributed by atoms with van der Waals surface area (Å²) in [4.78, 5) is 14.6. The Kier molecular flexibility index (Phi) is 4.98. The number of nitrogens with one attached hydrogen (secondary N) is 2. The highest BCUT2D eigenvalue weighted by molar-refractivity contribution is 5.74. The minimum absolute atomic E-state index is 0.00794. The third-order valence-electron chi connectivity index (χ3n) is 4.99. The van der Waals surface area contributed by atoms with Crippen molar-refractivity contribution in [2.45, 2.75) is 38.6 Å². The maximum atomic E-state index is 12.1. The molecule has 1 heterocycles. The van der Waals surface area contributed by atoms with Crippen molar-refractivity contribution >= 4 is 6.03 Å². The Morgan fingerprint density at radius 3 is 2.68 bits per heavy atom. The third kappa shape index (κ3) is 3.80. The SMILES string of the molecule is CCN1CCCC(CNC(=O)NC2Cc3ccccc3C2)C1. The van der Waals surface area contributed by atoms with Gasteiger partial charge >= 0.3 is 6.03 Å². The number of likely N-dealkylation sites (tertiary alicyclic amines) is 1. The van der Waals surface area contributed by atoms with Crippen molar-refractivity contribution in [2.24, 2.45) is 5.92 Å². The van der Waals surface area contributed by atoms with Gasteiger partial charge in [-0.3, -0.25) is 0 Å². The fourth-order valence-electron chi connectivity index (χ4n) is 3.74. The highest BCUT2D eigenvalue weighted by Gasteiger charge is 2.23. The number of rotatable bonds is 4. The van der Waals surface area contributed by atoms with E-state index in [1.165, 1.54) is 30.5 Å². The average molecular weight is 301 g/mol. The van der Waals surface area contributed by atoms with E-state index in [1.54, 1.807) is 0 Å². The molecule has 120 valence electrons. The summed E-state index contributed by atoms with van der Waals surface area (Å²) in [5, 5.41) is 6.20. The molecule has 0 saturated carbocycles. The number of amides is 2. The van der Waals surface area contributed by atoms with Gasteiger partial charge in [0, 0.05) is 19.1 Å². The summed E-state index contributed by atoms with van der Waals surface area (Å²) >= 11 is 0. The minimum atomic E-state index is -0.00794. The lowest BCUT2D eigenvalue weighted by Crippen LogP contribution is -2.46. The molecule has 0 spiro atoms. The van der Waals surface area contributed by atoms with Gasteiger partial charge in [0.1, 0.15) is 0 Å². The van der Waals surface area contributed by atoms with Crippen LogP contribution < -0.4 is 10.6 Å². The molecule has 22 heavy (non-hydrogen) atoms. The van der Waals surface area contributed by atoms with Crippen LogP contribution in [0.4, 0.5) is 4.79 Å². The van der Waals surface area contributed by atoms with Gasteiger partial charge in [0.15, 0.2) is 0 Å². The third-order valence-corrected chi connectivity index (χ3v) is 4.99. The molecule has 2 amide bonds. The molecule has 0 bridgehead atoms. The molecule has 1 saturated heterocycles. The van der Waals surface area contributed by atoms with Crippen LogP contribution in [0.15, 0.2) is 24.3 Å². The van der Waals surface area contributed by atoms with Crippen molar-refractivity contribution < 1.29 is 4.79 Å². The standard InChI is InChI=1S/C18H27N3O/c1-2-21-9-5-6-14(13-21)12-19-18(22)20-17-10-15-7-3-4-8-16(15)11-17/h3-4,7-8,14,17H,2,5-6,9-13H2,1H3,(H2,19,20,22). The topological polar surface area (TPSA) is 44.4 Å². The van der Waals surface area contributed by atoms with Crippen molar-refractivity contribution in [1.29, 1.82) is 0 Å². The Bertz CT molecular complexity index is 492. The second-order valence-electron chi connectivity index (χ2n) is 6.63. The van der Waals surface area contributed by atoms with Gasteiger partial charge in [0.05, 0.1) is 0 Å². The van der Waals surface area contributed by atoms with Gasteiger partial charge in [0.25, 0.3) is 0 Å². The summed E-state index contributed by atoms with van der Waals surface area (Å²) < 4.78 is 0. The lowest BCUT2D eigenvalue weighted by Gasteiger charge is -2.31. The summed E-state index contributed by atoms with van der Waals surface area (Å²) in [6, 6.07) is 8.71. The van der Waals surface area contributed by atoms with Crippen LogP contribution in [0.5, 0.6) is 0 Å². The summed E-state index contributed by atoms with van der Waals surface area (Å²) in [7, 11) is 0. The van der Waals surface area contributed by atoms with E-state index in [4.69, 9.17) is 0 Å². The molecular weight excluding hydrogens is 274 g/mol. The fourth-order valence-corrected chi connectivity index (χ4v) is 3.74. The van der Waals surface area contributed by atoms with Gasteiger partial charge in [0.2, 0.25) is 0 Å². The number of urea groups is 1. The fraction of sp³-hybridized carbons (Fsp3) is 0.611. The van der Waals surface area contributed by atoms with Crippen LogP contribution in [0.2, 0.25) is 0 Å². The first-order valence-corrected chi connectivity index (χ1v) is 8.58. The van der Waals surface area contributed by atoms with Gasteiger partial charge in [-0.15, -0.1) is 0 Å². The summed E-state index contributed by atoms with van der Waals surface area (Å²) in [6.45, 7) is 6.44. The molecule has 0 radical (unpaired) electrons. The zero-order valence-electron chi connectivity index (χ0n) is 13.5. The van der Waals surface area contributed by atoms with E-state index in [-0.39, 0.29) is 12.1 Å². The summed E-state index contributed by atoms with van der Waals surface area (Å²) in [5.41, 5.74) is 2.75. The second kappa shape index (κ2) is 7.14. The zero-order valence-corrected chi connectivity index (χ0v) is 13.5. The molecule has 0 aromatic heterocycles. The normalized spacial score (nSPS) is 22.3. The van der Waals surface area contributed by atoms with Crippen molar-refractivity contribution in [1.82, 2.24) is 15.5 Å². The Labute approximate surface area is 133 Å². The molecule has 1 fully saturated rings. The number of hydrogen-bond acceptors (Lipinski definition) is 2. The molecule has 1 aliphatic heterocycles. The highest BCUT2D eigenvalue weighted by atomic mass is 16.2. The lowest BCUT2D eigenvalue weighted by molar-refractivity contribution is 0.178. The van der Waals surface area contributed by atoms with Gasteiger partial charge in [-0.1, -0.05) is 31.2 Å². The Balaban J connectivity index is 1.40. The summed E-state index contributed by atoms with van der Waals surface area (Å²) in [5.74, 6) is 0.597. The van der Waals surface area contributed by atoms with Crippen LogP contribution in [0.1, 0.15) is 30.9 Å². The minimum Gasteiger partial charge on any atom is -0.338 e. The maximum Gasteiger partial charge on any atom is 0.315 e. The predicted molar refractivity (Wildman–Crippen MR) is 89.0 cm³/mol. The van der Waals surface area contributed by atoms with Gasteiger partial charge < -0.3 is 15.5 Å². The van der Waals surface area contributed by atoms with Crippen LogP contribution in [-0.2, 0) is 12.8 Å². The smallest absolute Gasteiger partial charge is 0.315 e. The number of hydrogen-bond donors (Lipinski definition) is 2. The van der Waals surface area contributed by atoms with Crippen LogP contribution in [0.3, 0.4) is 0 Å². The highest BCUT2D eigenvalue weighted by Crippen LogP contribution is 2.21. The molecule has 1 aromatic rings. The molecular formula is C18H27N3O. The molecule has 4 nitrogen and oxygen atoms in total. The van der Waals surface area contributed by atoms with Crippen LogP contribution in [0.25, 0.3) is 0 Å². The molecule has 1 atom stereocenters. The van der Waals surface area contributed by atoms with Crippen molar-refractivity contribution in [2.75, 3.05) is 26.2 Å². The molecule has 2 aliphatic rings. The monoisotopic (exact) mass is 301 g/mol. The first-order valence-electron chi connectivity index (χ1n) is 8.58. The first-order chi connectivity index (χ1) is 10.7. The quantitative estimate of drug-likeness (QED) is 0.895. The van der Waals surface area contributed by atoms with Crippen LogP contribution >= 0.6 is 0 Å². The second-order valence-corrected chi connectivity index (χ2v) is 6.63. The van der Waals surface area contributed by atoms with E-state index >= 15 is 0 Å². The van der Waals surface area contributed by atoms with E-state index in [9.17, 15) is 4.79 Å². The number of nitrogens with zero attached hydrogens (tertiary/aromatic N) is 1. The lowest BCUT2D eigenvalue weighted by atomic mass is 9.98. The van der Waals surface area contributed by atoms with Crippen LogP contribution in [0, 0.1) is 5.92 Å². The van der Waals surface area contributed by atoms with E-state index in [1.807, 2.05) is 0 Å². The number of piperidine rings is 1. The number of fused-ring (bicyclic) bond motifs is 1. The molecule has 1 aromatic carbocycles. The van der Waals surface area contributed by atoms with E-state index in [0.717, 1.165) is 32.5 Å². The van der Waals surface area contributed by atoms with Gasteiger partial charge in [-0.25, -0.2) is 4.79 Å². The molecule has 2 N–H and O–H groups in total. The van der Waals surface area contributed by atoms with Gasteiger partial charge in [-0.05, 0) is 55.8 Å². The first kappa shape index (κ1) is 15.3. The maximum absolute atomic E-state index is 12.1. The molecule has 3 rings (SSSR count). The average Bonchev–Trinajstić information content (AvgIpc) is 2.95. The number of benzene rings is 1.